The van der Waals surface area contributed by atoms with Gasteiger partial charge in [-0.2, -0.15) is 4.31 Å². The molecule has 0 radical (unpaired) electrons. The van der Waals surface area contributed by atoms with Crippen LogP contribution in [-0.2, 0) is 20.0 Å². The zero-order valence-electron chi connectivity index (χ0n) is 21.7. The summed E-state index contributed by atoms with van der Waals surface area (Å²) < 4.78 is 61.9. The number of ether oxygens (including phenoxy) is 1. The van der Waals surface area contributed by atoms with Gasteiger partial charge < -0.3 is 14.7 Å². The number of amides is 1. The van der Waals surface area contributed by atoms with Gasteiger partial charge in [0.2, 0.25) is 10.0 Å². The second kappa shape index (κ2) is 11.6. The standard InChI is InChI=1S/C26H31N3O7S3/c1-18-15-29(19(2)17-30)26(31)22-14-20(27-38(32,33)25-10-7-13-37-25)11-12-23(22)36-24(18)16-28(3)39(34,35)21-8-5-4-6-9-21/h4-14,18-19,24,27,30H,15-17H2,1-3H3/t18-,19+,24+/m0/s1. The summed E-state index contributed by atoms with van der Waals surface area (Å²) in [5.74, 6) is -0.544. The number of aliphatic hydroxyl groups excluding tert-OH is 1. The van der Waals surface area contributed by atoms with E-state index < -0.39 is 38.1 Å². The first-order valence-corrected chi connectivity index (χ1v) is 16.0. The molecule has 3 aromatic rings. The lowest BCUT2D eigenvalue weighted by molar-refractivity contribution is 0.0387. The number of benzene rings is 2. The molecule has 0 aliphatic carbocycles. The van der Waals surface area contributed by atoms with Gasteiger partial charge in [-0.25, -0.2) is 16.8 Å². The smallest absolute Gasteiger partial charge is 0.271 e. The predicted molar refractivity (Wildman–Crippen MR) is 149 cm³/mol. The molecule has 2 heterocycles. The summed E-state index contributed by atoms with van der Waals surface area (Å²) in [6.45, 7) is 3.46. The molecule has 210 valence electrons. The molecule has 1 aliphatic rings. The Balaban J connectivity index is 1.68. The van der Waals surface area contributed by atoms with Gasteiger partial charge in [0.25, 0.3) is 15.9 Å². The highest BCUT2D eigenvalue weighted by Crippen LogP contribution is 2.32. The van der Waals surface area contributed by atoms with Gasteiger partial charge in [-0.05, 0) is 48.7 Å². The number of rotatable bonds is 9. The average molecular weight is 594 g/mol. The van der Waals surface area contributed by atoms with E-state index in [4.69, 9.17) is 4.74 Å². The fourth-order valence-corrected chi connectivity index (χ4v) is 7.50. The Morgan fingerprint density at radius 1 is 1.13 bits per heavy atom. The molecule has 0 unspecified atom stereocenters. The monoisotopic (exact) mass is 593 g/mol. The predicted octanol–water partition coefficient (Wildman–Crippen LogP) is 3.09. The summed E-state index contributed by atoms with van der Waals surface area (Å²) in [6.07, 6.45) is -0.651. The van der Waals surface area contributed by atoms with E-state index in [1.54, 1.807) is 36.6 Å². The van der Waals surface area contributed by atoms with E-state index in [0.717, 1.165) is 11.3 Å². The van der Waals surface area contributed by atoms with Crippen LogP contribution in [0.2, 0.25) is 0 Å². The number of anilines is 1. The van der Waals surface area contributed by atoms with E-state index in [0.29, 0.717) is 0 Å². The van der Waals surface area contributed by atoms with Crippen molar-refractivity contribution in [1.82, 2.24) is 9.21 Å². The number of fused-ring (bicyclic) bond motifs is 1. The van der Waals surface area contributed by atoms with Crippen LogP contribution in [0.1, 0.15) is 24.2 Å². The van der Waals surface area contributed by atoms with Crippen LogP contribution in [0, 0.1) is 5.92 Å². The van der Waals surface area contributed by atoms with Gasteiger partial charge in [0.05, 0.1) is 29.7 Å². The van der Waals surface area contributed by atoms with E-state index in [1.165, 1.54) is 52.7 Å². The van der Waals surface area contributed by atoms with Gasteiger partial charge in [-0.1, -0.05) is 31.2 Å². The van der Waals surface area contributed by atoms with E-state index >= 15 is 0 Å². The highest BCUT2D eigenvalue weighted by atomic mass is 32.2. The molecule has 2 N–H and O–H groups in total. The summed E-state index contributed by atoms with van der Waals surface area (Å²) in [6, 6.07) is 15.0. The average Bonchev–Trinajstić information content (AvgIpc) is 3.47. The summed E-state index contributed by atoms with van der Waals surface area (Å²) in [4.78, 5) is 15.3. The Labute approximate surface area is 232 Å². The van der Waals surface area contributed by atoms with Crippen molar-refractivity contribution < 1.29 is 31.5 Å². The van der Waals surface area contributed by atoms with Crippen LogP contribution >= 0.6 is 11.3 Å². The van der Waals surface area contributed by atoms with Crippen LogP contribution in [0.3, 0.4) is 0 Å². The lowest BCUT2D eigenvalue weighted by atomic mass is 9.99. The molecule has 0 fully saturated rings. The van der Waals surface area contributed by atoms with Crippen molar-refractivity contribution in [2.75, 3.05) is 31.5 Å². The van der Waals surface area contributed by atoms with Crippen molar-refractivity contribution >= 4 is 43.0 Å². The lowest BCUT2D eigenvalue weighted by Crippen LogP contribution is -2.50. The topological polar surface area (TPSA) is 133 Å². The Morgan fingerprint density at radius 3 is 2.49 bits per heavy atom. The molecule has 13 heteroatoms. The van der Waals surface area contributed by atoms with Crippen molar-refractivity contribution in [2.45, 2.75) is 35.1 Å². The fraction of sp³-hybridized carbons (Fsp3) is 0.346. The van der Waals surface area contributed by atoms with Crippen LogP contribution in [-0.4, -0.2) is 75.9 Å². The molecule has 10 nitrogen and oxygen atoms in total. The molecule has 0 bridgehead atoms. The van der Waals surface area contributed by atoms with Gasteiger partial charge >= 0.3 is 0 Å². The SMILES string of the molecule is C[C@H](CO)N1C[C@H](C)[C@@H](CN(C)S(=O)(=O)c2ccccc2)Oc2ccc(NS(=O)(=O)c3cccs3)cc2C1=O. The minimum atomic E-state index is -3.85. The molecular weight excluding hydrogens is 563 g/mol. The molecule has 3 atom stereocenters. The van der Waals surface area contributed by atoms with Crippen molar-refractivity contribution in [3.8, 4) is 5.75 Å². The van der Waals surface area contributed by atoms with E-state index in [2.05, 4.69) is 4.72 Å². The van der Waals surface area contributed by atoms with Crippen LogP contribution in [0.25, 0.3) is 0 Å². The van der Waals surface area contributed by atoms with Crippen LogP contribution in [0.5, 0.6) is 5.75 Å². The van der Waals surface area contributed by atoms with Gasteiger partial charge in [-0.15, -0.1) is 11.3 Å². The first kappa shape index (κ1) is 29.0. The molecule has 0 spiro atoms. The number of sulfonamides is 2. The van der Waals surface area contributed by atoms with Gasteiger partial charge in [0.15, 0.2) is 0 Å². The first-order chi connectivity index (χ1) is 18.4. The zero-order valence-corrected chi connectivity index (χ0v) is 24.2. The molecule has 2 aromatic carbocycles. The van der Waals surface area contributed by atoms with Crippen LogP contribution in [0.4, 0.5) is 5.69 Å². The maximum Gasteiger partial charge on any atom is 0.271 e. The third-order valence-corrected chi connectivity index (χ3v) is 11.2. The lowest BCUT2D eigenvalue weighted by Gasteiger charge is -2.38. The molecule has 0 saturated carbocycles. The number of carbonyl (C=O) groups is 1. The maximum absolute atomic E-state index is 13.6. The Bertz CT molecular complexity index is 1510. The van der Waals surface area contributed by atoms with Crippen LogP contribution < -0.4 is 9.46 Å². The number of nitrogens with one attached hydrogen (secondary N) is 1. The molecular formula is C26H31N3O7S3. The third-order valence-electron chi connectivity index (χ3n) is 6.57. The van der Waals surface area contributed by atoms with Gasteiger partial charge in [0, 0.05) is 25.2 Å². The fourth-order valence-electron chi connectivity index (χ4n) is 4.25. The van der Waals surface area contributed by atoms with Crippen molar-refractivity contribution in [2.24, 2.45) is 5.92 Å². The number of aliphatic hydroxyl groups is 1. The molecule has 0 saturated heterocycles. The number of nitrogens with zero attached hydrogens (tertiary/aromatic N) is 2. The number of hydrogen-bond acceptors (Lipinski definition) is 8. The van der Waals surface area contributed by atoms with E-state index in [1.807, 2.05) is 6.92 Å². The largest absolute Gasteiger partial charge is 0.488 e. The highest BCUT2D eigenvalue weighted by molar-refractivity contribution is 7.94. The Hall–Kier alpha value is -2.97. The molecule has 1 amide bonds. The molecule has 4 rings (SSSR count). The number of likely N-dealkylation sites (N-methyl/N-ethyl adjacent to an activating group) is 1. The number of hydrogen-bond donors (Lipinski definition) is 2. The summed E-state index contributed by atoms with van der Waals surface area (Å²) in [5.41, 5.74) is 0.275. The Kier molecular flexibility index (Phi) is 8.66. The second-order valence-electron chi connectivity index (χ2n) is 9.47. The van der Waals surface area contributed by atoms with E-state index in [-0.39, 0.29) is 51.7 Å². The van der Waals surface area contributed by atoms with E-state index in [9.17, 15) is 26.7 Å². The maximum atomic E-state index is 13.6. The minimum absolute atomic E-state index is 0.000128. The Morgan fingerprint density at radius 2 is 1.85 bits per heavy atom. The second-order valence-corrected chi connectivity index (χ2v) is 14.4. The number of carbonyl (C=O) groups excluding carboxylic acids is 1. The van der Waals surface area contributed by atoms with Gasteiger partial charge in [-0.3, -0.25) is 9.52 Å². The normalized spacial score (nSPS) is 19.1. The first-order valence-electron chi connectivity index (χ1n) is 12.2. The zero-order chi connectivity index (χ0) is 28.4. The highest BCUT2D eigenvalue weighted by Gasteiger charge is 2.35. The summed E-state index contributed by atoms with van der Waals surface area (Å²) in [7, 11) is -6.18. The van der Waals surface area contributed by atoms with Crippen LogP contribution in [0.15, 0.2) is 75.1 Å². The number of thiophene rings is 1. The third kappa shape index (κ3) is 6.28. The molecule has 39 heavy (non-hydrogen) atoms. The minimum Gasteiger partial charge on any atom is -0.488 e. The molecule has 1 aromatic heterocycles. The van der Waals surface area contributed by atoms with Crippen molar-refractivity contribution in [1.29, 1.82) is 0 Å². The summed E-state index contributed by atoms with van der Waals surface area (Å²) >= 11 is 1.07. The van der Waals surface area contributed by atoms with Gasteiger partial charge in [0.1, 0.15) is 16.1 Å². The quantitative estimate of drug-likeness (QED) is 0.390. The van der Waals surface area contributed by atoms with Crippen molar-refractivity contribution in [3.63, 3.8) is 0 Å². The summed E-state index contributed by atoms with van der Waals surface area (Å²) in [5, 5.41) is 11.5. The molecule has 1 aliphatic heterocycles. The van der Waals surface area contributed by atoms with Crippen molar-refractivity contribution in [3.05, 3.63) is 71.6 Å².